The lowest BCUT2D eigenvalue weighted by molar-refractivity contribution is 0.835. The molecule has 2 rings (SSSR count). The highest BCUT2D eigenvalue weighted by Crippen LogP contribution is 2.09. The van der Waals surface area contributed by atoms with Gasteiger partial charge in [0.25, 0.3) is 0 Å². The summed E-state index contributed by atoms with van der Waals surface area (Å²) in [4.78, 5) is 22.9. The predicted octanol–water partition coefficient (Wildman–Crippen LogP) is -0.0385. The van der Waals surface area contributed by atoms with Gasteiger partial charge in [-0.05, 0) is 6.07 Å². The number of rotatable bonds is 2. The lowest BCUT2D eigenvalue weighted by atomic mass is 10.4. The third-order valence-electron chi connectivity index (χ3n) is 1.79. The molecule has 0 saturated heterocycles. The molecule has 7 nitrogen and oxygen atoms in total. The minimum atomic E-state index is -0.544. The van der Waals surface area contributed by atoms with Gasteiger partial charge in [0.05, 0.1) is 0 Å². The Morgan fingerprint density at radius 2 is 2.25 bits per heavy atom. The second kappa shape index (κ2) is 4.25. The smallest absolute Gasteiger partial charge is 0.292 e. The van der Waals surface area contributed by atoms with Crippen LogP contribution >= 0.6 is 11.6 Å². The van der Waals surface area contributed by atoms with Gasteiger partial charge < -0.3 is 0 Å². The first-order chi connectivity index (χ1) is 7.70. The van der Waals surface area contributed by atoms with Gasteiger partial charge in [-0.2, -0.15) is 4.98 Å². The molecule has 0 bridgehead atoms. The van der Waals surface area contributed by atoms with Crippen LogP contribution < -0.4 is 17.0 Å². The maximum Gasteiger partial charge on any atom is 0.357 e. The van der Waals surface area contributed by atoms with E-state index < -0.39 is 5.69 Å². The van der Waals surface area contributed by atoms with E-state index in [1.165, 1.54) is 18.6 Å². The summed E-state index contributed by atoms with van der Waals surface area (Å²) in [6, 6.07) is 3.13. The van der Waals surface area contributed by atoms with Crippen molar-refractivity contribution < 1.29 is 0 Å². The van der Waals surface area contributed by atoms with Crippen LogP contribution in [0.15, 0.2) is 29.5 Å². The summed E-state index contributed by atoms with van der Waals surface area (Å²) in [6.45, 7) is 0. The summed E-state index contributed by atoms with van der Waals surface area (Å²) in [5.41, 5.74) is 1.63. The van der Waals surface area contributed by atoms with Gasteiger partial charge >= 0.3 is 5.69 Å². The summed E-state index contributed by atoms with van der Waals surface area (Å²) >= 11 is 5.78. The van der Waals surface area contributed by atoms with Crippen LogP contribution in [0, 0.1) is 0 Å². The highest BCUT2D eigenvalue weighted by atomic mass is 35.5. The first kappa shape index (κ1) is 10.5. The van der Waals surface area contributed by atoms with Crippen molar-refractivity contribution in [3.05, 3.63) is 40.2 Å². The Kier molecular flexibility index (Phi) is 2.80. The summed E-state index contributed by atoms with van der Waals surface area (Å²) < 4.78 is 1.16. The minimum absolute atomic E-state index is 0.0447. The number of nitrogen functional groups attached to an aromatic ring is 1. The first-order valence-corrected chi connectivity index (χ1v) is 4.63. The standard InChI is InChI=1S/C8H7ClN6O/c9-5-1-2-11-6(3-5)15-4-12-7(14-10)13-8(15)16/h1-4H,10H2,(H,13,14,16). The molecular formula is C8H7ClN6O. The predicted molar refractivity (Wildman–Crippen MR) is 58.2 cm³/mol. The summed E-state index contributed by atoms with van der Waals surface area (Å²) in [6.07, 6.45) is 2.75. The molecule has 0 radical (unpaired) electrons. The number of hydrogen-bond acceptors (Lipinski definition) is 6. The lowest BCUT2D eigenvalue weighted by Crippen LogP contribution is -2.25. The molecule has 0 aliphatic heterocycles. The van der Waals surface area contributed by atoms with E-state index in [1.807, 2.05) is 0 Å². The van der Waals surface area contributed by atoms with Crippen molar-refractivity contribution >= 4 is 17.5 Å². The molecule has 3 N–H and O–H groups in total. The lowest BCUT2D eigenvalue weighted by Gasteiger charge is -2.03. The van der Waals surface area contributed by atoms with Gasteiger partial charge in [0.1, 0.15) is 12.1 Å². The van der Waals surface area contributed by atoms with Crippen LogP contribution in [0.3, 0.4) is 0 Å². The van der Waals surface area contributed by atoms with E-state index in [4.69, 9.17) is 17.4 Å². The molecule has 0 aromatic carbocycles. The Bertz CT molecular complexity index is 568. The fourth-order valence-corrected chi connectivity index (χ4v) is 1.24. The van der Waals surface area contributed by atoms with Crippen LogP contribution in [0.4, 0.5) is 5.95 Å². The van der Waals surface area contributed by atoms with Crippen molar-refractivity contribution in [2.24, 2.45) is 5.84 Å². The van der Waals surface area contributed by atoms with Gasteiger partial charge in [-0.25, -0.2) is 25.2 Å². The second-order valence-corrected chi connectivity index (χ2v) is 3.25. The zero-order chi connectivity index (χ0) is 11.5. The van der Waals surface area contributed by atoms with Gasteiger partial charge in [0, 0.05) is 17.3 Å². The Labute approximate surface area is 94.9 Å². The molecule has 0 unspecified atom stereocenters. The molecule has 0 atom stereocenters. The molecule has 8 heteroatoms. The summed E-state index contributed by atoms with van der Waals surface area (Å²) in [7, 11) is 0. The molecule has 0 fully saturated rings. The Morgan fingerprint density at radius 3 is 2.88 bits per heavy atom. The van der Waals surface area contributed by atoms with E-state index in [9.17, 15) is 4.79 Å². The number of hydrazine groups is 1. The number of nitrogens with two attached hydrogens (primary N) is 1. The van der Waals surface area contributed by atoms with E-state index in [0.717, 1.165) is 4.57 Å². The van der Waals surface area contributed by atoms with E-state index in [-0.39, 0.29) is 5.95 Å². The molecule has 2 heterocycles. The van der Waals surface area contributed by atoms with Gasteiger partial charge in [0.15, 0.2) is 0 Å². The van der Waals surface area contributed by atoms with E-state index in [1.54, 1.807) is 6.07 Å². The highest BCUT2D eigenvalue weighted by Gasteiger charge is 2.04. The zero-order valence-electron chi connectivity index (χ0n) is 7.96. The Balaban J connectivity index is 2.53. The van der Waals surface area contributed by atoms with Crippen molar-refractivity contribution in [3.63, 3.8) is 0 Å². The maximum atomic E-state index is 11.5. The Hall–Kier alpha value is -1.99. The highest BCUT2D eigenvalue weighted by molar-refractivity contribution is 6.30. The number of nitrogens with one attached hydrogen (secondary N) is 1. The maximum absolute atomic E-state index is 11.5. The summed E-state index contributed by atoms with van der Waals surface area (Å²) in [5, 5.41) is 0.470. The quantitative estimate of drug-likeness (QED) is 0.563. The van der Waals surface area contributed by atoms with Crippen molar-refractivity contribution in [3.8, 4) is 5.82 Å². The normalized spacial score (nSPS) is 10.1. The fraction of sp³-hybridized carbons (Fsp3) is 0. The molecule has 82 valence electrons. The topological polar surface area (TPSA) is 98.7 Å². The number of aromatic nitrogens is 4. The van der Waals surface area contributed by atoms with Crippen LogP contribution in [0.2, 0.25) is 5.02 Å². The molecule has 0 amide bonds. The molecule has 0 aliphatic carbocycles. The van der Waals surface area contributed by atoms with Crippen LogP contribution in [0.25, 0.3) is 5.82 Å². The molecule has 2 aromatic heterocycles. The monoisotopic (exact) mass is 238 g/mol. The Morgan fingerprint density at radius 1 is 1.44 bits per heavy atom. The summed E-state index contributed by atoms with van der Waals surface area (Å²) in [5.74, 6) is 5.46. The van der Waals surface area contributed by atoms with Crippen LogP contribution in [-0.4, -0.2) is 19.5 Å². The van der Waals surface area contributed by atoms with Gasteiger partial charge in [-0.1, -0.05) is 11.6 Å². The molecule has 0 aliphatic rings. The SMILES string of the molecule is NNc1ncn(-c2cc(Cl)ccn2)c(=O)n1. The van der Waals surface area contributed by atoms with E-state index in [2.05, 4.69) is 20.4 Å². The molecular weight excluding hydrogens is 232 g/mol. The van der Waals surface area contributed by atoms with Gasteiger partial charge in [-0.3, -0.25) is 5.43 Å². The fourth-order valence-electron chi connectivity index (χ4n) is 1.09. The first-order valence-electron chi connectivity index (χ1n) is 4.25. The van der Waals surface area contributed by atoms with Crippen molar-refractivity contribution in [1.82, 2.24) is 19.5 Å². The third kappa shape index (κ3) is 2.00. The number of nitrogens with zero attached hydrogens (tertiary/aromatic N) is 4. The van der Waals surface area contributed by atoms with Crippen molar-refractivity contribution in [1.29, 1.82) is 0 Å². The van der Waals surface area contributed by atoms with Crippen molar-refractivity contribution in [2.45, 2.75) is 0 Å². The minimum Gasteiger partial charge on any atom is -0.292 e. The second-order valence-electron chi connectivity index (χ2n) is 2.81. The molecule has 0 spiro atoms. The van der Waals surface area contributed by atoms with Crippen LogP contribution in [0.5, 0.6) is 0 Å². The van der Waals surface area contributed by atoms with Gasteiger partial charge in [0.2, 0.25) is 5.95 Å². The molecule has 16 heavy (non-hydrogen) atoms. The van der Waals surface area contributed by atoms with Gasteiger partial charge in [-0.15, -0.1) is 0 Å². The number of hydrogen-bond donors (Lipinski definition) is 2. The van der Waals surface area contributed by atoms with Crippen molar-refractivity contribution in [2.75, 3.05) is 5.43 Å². The van der Waals surface area contributed by atoms with E-state index >= 15 is 0 Å². The average Bonchev–Trinajstić information content (AvgIpc) is 2.28. The molecule has 2 aromatic rings. The number of pyridine rings is 1. The van der Waals surface area contributed by atoms with E-state index in [0.29, 0.717) is 10.8 Å². The largest absolute Gasteiger partial charge is 0.357 e. The van der Waals surface area contributed by atoms with Crippen LogP contribution in [-0.2, 0) is 0 Å². The average molecular weight is 239 g/mol. The third-order valence-corrected chi connectivity index (χ3v) is 2.02. The zero-order valence-corrected chi connectivity index (χ0v) is 8.72. The van der Waals surface area contributed by atoms with Crippen LogP contribution in [0.1, 0.15) is 0 Å². The number of anilines is 1. The number of halogens is 1. The molecule has 0 saturated carbocycles.